The molecule has 1 aromatic rings. The Balaban J connectivity index is 2.22. The number of hydrogen-bond donors (Lipinski definition) is 3. The van der Waals surface area contributed by atoms with E-state index in [0.717, 1.165) is 37.3 Å². The maximum atomic E-state index is 13.4. The Morgan fingerprint density at radius 1 is 1.52 bits per heavy atom. The summed E-state index contributed by atoms with van der Waals surface area (Å²) in [5, 5.41) is 5.21. The van der Waals surface area contributed by atoms with Crippen molar-refractivity contribution < 1.29 is 13.8 Å². The Kier molecular flexibility index (Phi) is 8.23. The minimum Gasteiger partial charge on any atom is -0.320 e. The van der Waals surface area contributed by atoms with Gasteiger partial charge in [-0.15, -0.1) is 15.7 Å². The molecule has 1 aliphatic rings. The van der Waals surface area contributed by atoms with Crippen LogP contribution in [0.15, 0.2) is 20.0 Å². The Hall–Kier alpha value is -1.000. The van der Waals surface area contributed by atoms with Crippen molar-refractivity contribution in [1.29, 1.82) is 0 Å². The molecule has 1 aliphatic heterocycles. The van der Waals surface area contributed by atoms with Crippen molar-refractivity contribution in [3.05, 3.63) is 16.5 Å². The number of hydrogen-bond acceptors (Lipinski definition) is 6. The molecule has 1 fully saturated rings. The maximum Gasteiger partial charge on any atom is 0.272 e. The van der Waals surface area contributed by atoms with E-state index in [4.69, 9.17) is 17.3 Å². The molecule has 3 unspecified atom stereocenters. The SMILES string of the molecule is CC(C)CC(N)C(=O)N=S(=O)(NC(=O)CC1CCCNC1)c1cc(Cl)cs1. The Bertz CT molecular complexity index is 781. The number of halogens is 1. The van der Waals surface area contributed by atoms with Gasteiger partial charge in [-0.05, 0) is 50.3 Å². The van der Waals surface area contributed by atoms with Crippen LogP contribution in [-0.4, -0.2) is 35.2 Å². The number of nitrogens with two attached hydrogens (primary N) is 1. The van der Waals surface area contributed by atoms with Gasteiger partial charge in [0.15, 0.2) is 9.92 Å². The number of carbonyl (C=O) groups is 2. The summed E-state index contributed by atoms with van der Waals surface area (Å²) in [5.41, 5.74) is 5.88. The fourth-order valence-electron chi connectivity index (χ4n) is 2.92. The Labute approximate surface area is 169 Å². The van der Waals surface area contributed by atoms with E-state index in [1.165, 1.54) is 6.07 Å². The average molecular weight is 435 g/mol. The topological polar surface area (TPSA) is 114 Å². The minimum absolute atomic E-state index is 0.174. The first-order valence-electron chi connectivity index (χ1n) is 9.01. The standard InChI is InChI=1S/C17H27ClN4O3S2/c1-11(2)6-14(19)17(24)22-27(25,16-8-13(18)10-26-16)21-15(23)7-12-4-3-5-20-9-12/h8,10-12,14,20H,3-7,9,19H2,1-2H3,(H,21,22,23,24,25). The van der Waals surface area contributed by atoms with E-state index < -0.39 is 27.8 Å². The maximum absolute atomic E-state index is 13.4. The Morgan fingerprint density at radius 2 is 2.26 bits per heavy atom. The lowest BCUT2D eigenvalue weighted by Crippen LogP contribution is -2.37. The number of amides is 2. The summed E-state index contributed by atoms with van der Waals surface area (Å²) in [4.78, 5) is 24.9. The van der Waals surface area contributed by atoms with Crippen LogP contribution >= 0.6 is 22.9 Å². The third-order valence-electron chi connectivity index (χ3n) is 4.20. The summed E-state index contributed by atoms with van der Waals surface area (Å²) in [6, 6.07) is 0.600. The predicted molar refractivity (Wildman–Crippen MR) is 109 cm³/mol. The van der Waals surface area contributed by atoms with Gasteiger partial charge in [0.2, 0.25) is 5.91 Å². The third-order valence-corrected chi connectivity index (χ3v) is 7.84. The van der Waals surface area contributed by atoms with E-state index in [1.807, 2.05) is 13.8 Å². The van der Waals surface area contributed by atoms with Crippen LogP contribution in [0, 0.1) is 11.8 Å². The van der Waals surface area contributed by atoms with Gasteiger partial charge in [0.25, 0.3) is 5.91 Å². The van der Waals surface area contributed by atoms with Gasteiger partial charge in [-0.25, -0.2) is 4.21 Å². The predicted octanol–water partition coefficient (Wildman–Crippen LogP) is 2.55. The normalized spacial score (nSPS) is 20.7. The van der Waals surface area contributed by atoms with E-state index in [1.54, 1.807) is 5.38 Å². The van der Waals surface area contributed by atoms with Crippen LogP contribution in [0.25, 0.3) is 0 Å². The molecule has 0 saturated carbocycles. The van der Waals surface area contributed by atoms with E-state index in [0.29, 0.717) is 11.4 Å². The fraction of sp³-hybridized carbons (Fsp3) is 0.647. The number of nitrogens with zero attached hydrogens (tertiary/aromatic N) is 1. The average Bonchev–Trinajstić information content (AvgIpc) is 3.02. The van der Waals surface area contributed by atoms with E-state index >= 15 is 0 Å². The first kappa shape index (κ1) is 22.3. The van der Waals surface area contributed by atoms with Crippen LogP contribution < -0.4 is 15.8 Å². The van der Waals surface area contributed by atoms with Gasteiger partial charge in [0.1, 0.15) is 4.21 Å². The van der Waals surface area contributed by atoms with Crippen molar-refractivity contribution in [2.24, 2.45) is 21.9 Å². The quantitative estimate of drug-likeness (QED) is 0.610. The lowest BCUT2D eigenvalue weighted by Gasteiger charge is -2.22. The van der Waals surface area contributed by atoms with Gasteiger partial charge in [-0.2, -0.15) is 0 Å². The second kappa shape index (κ2) is 9.97. The van der Waals surface area contributed by atoms with Crippen LogP contribution in [0.2, 0.25) is 5.02 Å². The first-order chi connectivity index (χ1) is 12.7. The fourth-order valence-corrected chi connectivity index (χ4v) is 5.99. The third kappa shape index (κ3) is 6.83. The summed E-state index contributed by atoms with van der Waals surface area (Å²) >= 11 is 7.03. The lowest BCUT2D eigenvalue weighted by molar-refractivity contribution is -0.120. The van der Waals surface area contributed by atoms with Crippen LogP contribution in [0.4, 0.5) is 0 Å². The van der Waals surface area contributed by atoms with Crippen LogP contribution in [0.5, 0.6) is 0 Å². The number of thiophene rings is 1. The van der Waals surface area contributed by atoms with Gasteiger partial charge in [-0.3, -0.25) is 14.3 Å². The van der Waals surface area contributed by atoms with Crippen molar-refractivity contribution in [1.82, 2.24) is 10.0 Å². The molecule has 2 heterocycles. The summed E-state index contributed by atoms with van der Waals surface area (Å²) in [6.45, 7) is 5.56. The van der Waals surface area contributed by atoms with Crippen molar-refractivity contribution >= 4 is 44.7 Å². The van der Waals surface area contributed by atoms with Crippen molar-refractivity contribution in [2.75, 3.05) is 13.1 Å². The van der Waals surface area contributed by atoms with Crippen molar-refractivity contribution in [3.63, 3.8) is 0 Å². The first-order valence-corrected chi connectivity index (χ1v) is 11.8. The van der Waals surface area contributed by atoms with Crippen LogP contribution in [-0.2, 0) is 19.5 Å². The molecule has 0 bridgehead atoms. The molecule has 3 atom stereocenters. The zero-order valence-electron chi connectivity index (χ0n) is 15.6. The molecule has 2 rings (SSSR count). The minimum atomic E-state index is -3.47. The molecule has 1 aromatic heterocycles. The zero-order valence-corrected chi connectivity index (χ0v) is 18.0. The van der Waals surface area contributed by atoms with E-state index in [-0.39, 0.29) is 22.5 Å². The van der Waals surface area contributed by atoms with Crippen molar-refractivity contribution in [2.45, 2.75) is 49.8 Å². The molecule has 4 N–H and O–H groups in total. The second-order valence-electron chi connectivity index (χ2n) is 7.22. The molecule has 7 nitrogen and oxygen atoms in total. The molecule has 0 spiro atoms. The van der Waals surface area contributed by atoms with Crippen LogP contribution in [0.3, 0.4) is 0 Å². The van der Waals surface area contributed by atoms with Gasteiger partial charge < -0.3 is 11.1 Å². The van der Waals surface area contributed by atoms with Gasteiger partial charge in [0, 0.05) is 11.8 Å². The van der Waals surface area contributed by atoms with E-state index in [2.05, 4.69) is 14.4 Å². The molecule has 2 amide bonds. The highest BCUT2D eigenvalue weighted by molar-refractivity contribution is 7.94. The summed E-state index contributed by atoms with van der Waals surface area (Å²) in [6.07, 6.45) is 2.58. The van der Waals surface area contributed by atoms with Gasteiger partial charge in [-0.1, -0.05) is 25.4 Å². The highest BCUT2D eigenvalue weighted by Gasteiger charge is 2.25. The molecular formula is C17H27ClN4O3S2. The number of piperidine rings is 1. The number of nitrogens with one attached hydrogen (secondary N) is 2. The highest BCUT2D eigenvalue weighted by Crippen LogP contribution is 2.26. The smallest absolute Gasteiger partial charge is 0.272 e. The number of carbonyl (C=O) groups excluding carboxylic acids is 2. The second-order valence-corrected chi connectivity index (χ2v) is 10.7. The molecule has 152 valence electrons. The van der Waals surface area contributed by atoms with Crippen molar-refractivity contribution in [3.8, 4) is 0 Å². The van der Waals surface area contributed by atoms with Gasteiger partial charge in [0.05, 0.1) is 11.1 Å². The van der Waals surface area contributed by atoms with E-state index in [9.17, 15) is 13.8 Å². The molecule has 1 saturated heterocycles. The zero-order chi connectivity index (χ0) is 20.0. The summed E-state index contributed by atoms with van der Waals surface area (Å²) in [7, 11) is -3.47. The molecule has 0 aromatic carbocycles. The molecule has 10 heteroatoms. The lowest BCUT2D eigenvalue weighted by atomic mass is 9.96. The molecule has 0 aliphatic carbocycles. The molecular weight excluding hydrogens is 408 g/mol. The van der Waals surface area contributed by atoms with Gasteiger partial charge >= 0.3 is 0 Å². The molecule has 0 radical (unpaired) electrons. The highest BCUT2D eigenvalue weighted by atomic mass is 35.5. The number of rotatable bonds is 7. The molecule has 27 heavy (non-hydrogen) atoms. The monoisotopic (exact) mass is 434 g/mol. The van der Waals surface area contributed by atoms with Crippen LogP contribution in [0.1, 0.15) is 39.5 Å². The Morgan fingerprint density at radius 3 is 2.81 bits per heavy atom. The summed E-state index contributed by atoms with van der Waals surface area (Å²) < 4.78 is 20.0. The largest absolute Gasteiger partial charge is 0.320 e. The summed E-state index contributed by atoms with van der Waals surface area (Å²) in [5.74, 6) is -0.710.